The van der Waals surface area contributed by atoms with E-state index in [4.69, 9.17) is 11.5 Å². The molecule has 9 N–H and O–H groups in total. The molecule has 13 nitrogen and oxygen atoms in total. The highest BCUT2D eigenvalue weighted by atomic mass is 32.2. The monoisotopic (exact) mass is 785 g/mol. The number of nitrogens with one attached hydrogen (secondary N) is 5. The van der Waals surface area contributed by atoms with Gasteiger partial charge in [-0.05, 0) is 79.7 Å². The van der Waals surface area contributed by atoms with Crippen LogP contribution in [0.2, 0.25) is 0 Å². The maximum Gasteiger partial charge on any atom is 0.243 e. The third-order valence-electron chi connectivity index (χ3n) is 8.56. The zero-order valence-corrected chi connectivity index (χ0v) is 33.6. The van der Waals surface area contributed by atoms with E-state index in [9.17, 15) is 28.8 Å². The Balaban J connectivity index is 2.35. The Kier molecular flexibility index (Phi) is 22.1. The van der Waals surface area contributed by atoms with E-state index in [1.165, 1.54) is 23.5 Å². The molecule has 15 heteroatoms. The fraction of sp³-hybridized carbons (Fsp3) is 0.538. The molecule has 0 aliphatic rings. The number of primary amides is 1. The first-order valence-corrected chi connectivity index (χ1v) is 21.2. The van der Waals surface area contributed by atoms with Crippen molar-refractivity contribution >= 4 is 59.0 Å². The Labute approximate surface area is 328 Å². The lowest BCUT2D eigenvalue weighted by atomic mass is 10.0. The second kappa shape index (κ2) is 25.9. The number of hydrogen-bond donors (Lipinski definition) is 7. The Morgan fingerprint density at radius 2 is 1.02 bits per heavy atom. The summed E-state index contributed by atoms with van der Waals surface area (Å²) in [4.78, 5) is 80.3. The average molecular weight is 786 g/mol. The minimum absolute atomic E-state index is 0.00830. The second-order valence-electron chi connectivity index (χ2n) is 13.6. The smallest absolute Gasteiger partial charge is 0.243 e. The van der Waals surface area contributed by atoms with Crippen LogP contribution < -0.4 is 38.1 Å². The van der Waals surface area contributed by atoms with Crippen LogP contribution >= 0.6 is 23.5 Å². The lowest BCUT2D eigenvalue weighted by Crippen LogP contribution is -2.59. The topological polar surface area (TPSA) is 215 Å². The normalized spacial score (nSPS) is 13.8. The highest BCUT2D eigenvalue weighted by molar-refractivity contribution is 7.98. The lowest BCUT2D eigenvalue weighted by molar-refractivity contribution is -0.135. The molecular formula is C39H59N7O6S2. The van der Waals surface area contributed by atoms with Crippen LogP contribution in [0.15, 0.2) is 60.7 Å². The molecule has 0 aromatic heterocycles. The lowest BCUT2D eigenvalue weighted by Gasteiger charge is -2.27. The first-order chi connectivity index (χ1) is 25.9. The van der Waals surface area contributed by atoms with Gasteiger partial charge in [0.05, 0.1) is 0 Å². The van der Waals surface area contributed by atoms with Gasteiger partial charge in [-0.15, -0.1) is 0 Å². The fourth-order valence-electron chi connectivity index (χ4n) is 5.63. The molecule has 0 heterocycles. The van der Waals surface area contributed by atoms with Gasteiger partial charge in [-0.3, -0.25) is 28.8 Å². The molecule has 0 saturated carbocycles. The van der Waals surface area contributed by atoms with Crippen LogP contribution in [-0.2, 0) is 41.6 Å². The minimum Gasteiger partial charge on any atom is -0.368 e. The Hall–Kier alpha value is -4.08. The van der Waals surface area contributed by atoms with Crippen LogP contribution in [0.1, 0.15) is 63.5 Å². The van der Waals surface area contributed by atoms with E-state index in [0.717, 1.165) is 11.1 Å². The molecule has 5 atom stereocenters. The van der Waals surface area contributed by atoms with Crippen molar-refractivity contribution in [2.24, 2.45) is 17.4 Å². The van der Waals surface area contributed by atoms with Crippen molar-refractivity contribution in [3.63, 3.8) is 0 Å². The SMILES string of the molecule is CSCC[C@H](NC(=O)[C@H](CC(C)C)NC(=O)[C@@H](CCSC)NC(=O)[C@H](Cc1ccccc1)NC(=O)[C@H](Cc1ccccc1)NC(=O)CCCCN)C(N)=O. The van der Waals surface area contributed by atoms with Gasteiger partial charge in [0.1, 0.15) is 30.2 Å². The van der Waals surface area contributed by atoms with Crippen molar-refractivity contribution in [3.05, 3.63) is 71.8 Å². The van der Waals surface area contributed by atoms with Crippen molar-refractivity contribution in [1.29, 1.82) is 0 Å². The second-order valence-corrected chi connectivity index (χ2v) is 15.6. The zero-order valence-electron chi connectivity index (χ0n) is 31.9. The molecule has 0 saturated heterocycles. The highest BCUT2D eigenvalue weighted by Gasteiger charge is 2.32. The summed E-state index contributed by atoms with van der Waals surface area (Å²) in [5.74, 6) is -2.10. The molecule has 0 unspecified atom stereocenters. The Morgan fingerprint density at radius 1 is 0.593 bits per heavy atom. The summed E-state index contributed by atoms with van der Waals surface area (Å²) in [5, 5.41) is 14.0. The third-order valence-corrected chi connectivity index (χ3v) is 9.85. The fourth-order valence-corrected chi connectivity index (χ4v) is 6.58. The van der Waals surface area contributed by atoms with E-state index >= 15 is 0 Å². The van der Waals surface area contributed by atoms with Gasteiger partial charge in [0.25, 0.3) is 0 Å². The standard InChI is InChI=1S/C39H59N7O6S2/c1-26(2)23-31(37(50)43-29(35(41)48)18-21-53-3)45-36(49)30(19-22-54-4)44-39(52)33(25-28-15-9-6-10-16-28)46-38(51)32(24-27-13-7-5-8-14-27)42-34(47)17-11-12-20-40/h5-10,13-16,26,29-33H,11-12,17-25,40H2,1-4H3,(H2,41,48)(H,42,47)(H,43,50)(H,44,52)(H,45,49)(H,46,51)/t29-,30+,31-,32-,33-/m0/s1. The van der Waals surface area contributed by atoms with Crippen LogP contribution in [0.4, 0.5) is 0 Å². The van der Waals surface area contributed by atoms with E-state index in [1.807, 2.05) is 87.0 Å². The van der Waals surface area contributed by atoms with E-state index in [1.54, 1.807) is 0 Å². The van der Waals surface area contributed by atoms with Crippen LogP contribution in [-0.4, -0.2) is 96.2 Å². The summed E-state index contributed by atoms with van der Waals surface area (Å²) in [6.07, 6.45) is 6.38. The minimum atomic E-state index is -1.11. The van der Waals surface area contributed by atoms with Crippen molar-refractivity contribution in [3.8, 4) is 0 Å². The van der Waals surface area contributed by atoms with Crippen molar-refractivity contribution in [2.45, 2.75) is 95.4 Å². The van der Waals surface area contributed by atoms with E-state index in [2.05, 4.69) is 26.6 Å². The zero-order chi connectivity index (χ0) is 39.9. The maximum absolute atomic E-state index is 14.1. The quantitative estimate of drug-likeness (QED) is 0.0695. The summed E-state index contributed by atoms with van der Waals surface area (Å²) in [7, 11) is 0. The average Bonchev–Trinajstić information content (AvgIpc) is 3.14. The molecule has 0 bridgehead atoms. The summed E-state index contributed by atoms with van der Waals surface area (Å²) >= 11 is 3.00. The molecule has 54 heavy (non-hydrogen) atoms. The molecule has 298 valence electrons. The van der Waals surface area contributed by atoms with Crippen LogP contribution in [0.5, 0.6) is 0 Å². The molecule has 0 aliphatic heterocycles. The van der Waals surface area contributed by atoms with Gasteiger partial charge in [-0.25, -0.2) is 0 Å². The van der Waals surface area contributed by atoms with Gasteiger partial charge in [0.2, 0.25) is 35.4 Å². The molecule has 0 fully saturated rings. The first kappa shape index (κ1) is 46.1. The largest absolute Gasteiger partial charge is 0.368 e. The maximum atomic E-state index is 14.1. The molecular weight excluding hydrogens is 727 g/mol. The van der Waals surface area contributed by atoms with E-state index in [0.29, 0.717) is 37.3 Å². The summed E-state index contributed by atoms with van der Waals surface area (Å²) in [6.45, 7) is 4.26. The van der Waals surface area contributed by atoms with Gasteiger partial charge in [-0.2, -0.15) is 23.5 Å². The molecule has 6 amide bonds. The first-order valence-electron chi connectivity index (χ1n) is 18.4. The molecule has 0 radical (unpaired) electrons. The van der Waals surface area contributed by atoms with Crippen molar-refractivity contribution < 1.29 is 28.8 Å². The number of benzene rings is 2. The Bertz CT molecular complexity index is 1470. The molecule has 0 spiro atoms. The van der Waals surface area contributed by atoms with Crippen molar-refractivity contribution in [2.75, 3.05) is 30.6 Å². The number of carbonyl (C=O) groups excluding carboxylic acids is 6. The highest BCUT2D eigenvalue weighted by Crippen LogP contribution is 2.12. The van der Waals surface area contributed by atoms with Gasteiger partial charge < -0.3 is 38.1 Å². The van der Waals surface area contributed by atoms with Gasteiger partial charge in [-0.1, -0.05) is 74.5 Å². The Morgan fingerprint density at radius 3 is 1.50 bits per heavy atom. The van der Waals surface area contributed by atoms with E-state index < -0.39 is 59.7 Å². The summed E-state index contributed by atoms with van der Waals surface area (Å²) < 4.78 is 0. The van der Waals surface area contributed by atoms with Crippen LogP contribution in [0.25, 0.3) is 0 Å². The van der Waals surface area contributed by atoms with Crippen LogP contribution in [0, 0.1) is 5.92 Å². The van der Waals surface area contributed by atoms with Crippen molar-refractivity contribution in [1.82, 2.24) is 26.6 Å². The van der Waals surface area contributed by atoms with Gasteiger partial charge in [0.15, 0.2) is 0 Å². The number of hydrogen-bond acceptors (Lipinski definition) is 9. The molecule has 2 rings (SSSR count). The van der Waals surface area contributed by atoms with Gasteiger partial charge >= 0.3 is 0 Å². The number of carbonyl (C=O) groups is 6. The predicted octanol–water partition coefficient (Wildman–Crippen LogP) is 2.06. The third kappa shape index (κ3) is 17.8. The van der Waals surface area contributed by atoms with Gasteiger partial charge in [0, 0.05) is 19.3 Å². The number of rotatable bonds is 26. The summed E-state index contributed by atoms with van der Waals surface area (Å²) in [5.41, 5.74) is 12.7. The molecule has 2 aromatic rings. The molecule has 0 aliphatic carbocycles. The predicted molar refractivity (Wildman–Crippen MR) is 217 cm³/mol. The van der Waals surface area contributed by atoms with E-state index in [-0.39, 0.29) is 43.9 Å². The number of amides is 6. The number of thioether (sulfide) groups is 2. The number of nitrogens with two attached hydrogens (primary N) is 2. The summed E-state index contributed by atoms with van der Waals surface area (Å²) in [6, 6.07) is 13.4. The molecule has 2 aromatic carbocycles. The van der Waals surface area contributed by atoms with Crippen LogP contribution in [0.3, 0.4) is 0 Å². The number of unbranched alkanes of at least 4 members (excludes halogenated alkanes) is 1.